The van der Waals surface area contributed by atoms with E-state index in [9.17, 15) is 19.3 Å². The van der Waals surface area contributed by atoms with Crippen LogP contribution in [0.5, 0.6) is 5.75 Å². The molecule has 0 spiro atoms. The fourth-order valence-corrected chi connectivity index (χ4v) is 1.95. The van der Waals surface area contributed by atoms with Crippen molar-refractivity contribution in [3.8, 4) is 5.75 Å². The van der Waals surface area contributed by atoms with Crippen LogP contribution < -0.4 is 10.5 Å². The van der Waals surface area contributed by atoms with E-state index in [1.807, 2.05) is 0 Å². The highest BCUT2D eigenvalue weighted by atomic mass is 19.1. The molecule has 0 heterocycles. The van der Waals surface area contributed by atoms with Crippen molar-refractivity contribution in [2.45, 2.75) is 13.0 Å². The second-order valence-electron chi connectivity index (χ2n) is 4.61. The Bertz CT molecular complexity index is 718. The third-order valence-corrected chi connectivity index (χ3v) is 2.91. The van der Waals surface area contributed by atoms with Gasteiger partial charge in [-0.25, -0.2) is 4.39 Å². The number of rotatable bonds is 6. The fraction of sp³-hybridized carbons (Fsp3) is 0.133. The first-order chi connectivity index (χ1) is 10.5. The van der Waals surface area contributed by atoms with E-state index in [0.717, 1.165) is 0 Å². The molecule has 6 nitrogen and oxygen atoms in total. The van der Waals surface area contributed by atoms with Crippen LogP contribution >= 0.6 is 0 Å². The van der Waals surface area contributed by atoms with Crippen LogP contribution in [0, 0.1) is 15.9 Å². The van der Waals surface area contributed by atoms with Gasteiger partial charge in [-0.15, -0.1) is 0 Å². The van der Waals surface area contributed by atoms with E-state index >= 15 is 0 Å². The van der Waals surface area contributed by atoms with E-state index in [1.54, 1.807) is 12.1 Å². The predicted molar refractivity (Wildman–Crippen MR) is 76.7 cm³/mol. The molecular formula is C15H13FN2O4. The molecule has 2 aromatic carbocycles. The van der Waals surface area contributed by atoms with Crippen LogP contribution in [-0.4, -0.2) is 10.8 Å². The molecule has 1 amide bonds. The number of nitrogens with two attached hydrogens (primary N) is 1. The molecular weight excluding hydrogens is 291 g/mol. The molecule has 22 heavy (non-hydrogen) atoms. The Morgan fingerprint density at radius 1 is 1.27 bits per heavy atom. The van der Waals surface area contributed by atoms with Gasteiger partial charge in [0.2, 0.25) is 5.91 Å². The van der Waals surface area contributed by atoms with Gasteiger partial charge < -0.3 is 10.5 Å². The lowest BCUT2D eigenvalue weighted by Gasteiger charge is -2.08. The molecule has 0 radical (unpaired) electrons. The second kappa shape index (κ2) is 6.66. The number of ether oxygens (including phenoxy) is 1. The molecule has 0 fully saturated rings. The molecule has 0 aromatic heterocycles. The van der Waals surface area contributed by atoms with Crippen molar-refractivity contribution in [1.82, 2.24) is 0 Å². The van der Waals surface area contributed by atoms with Gasteiger partial charge in [0.15, 0.2) is 0 Å². The number of carbonyl (C=O) groups is 1. The second-order valence-corrected chi connectivity index (χ2v) is 4.61. The van der Waals surface area contributed by atoms with Gasteiger partial charge in [-0.05, 0) is 29.8 Å². The minimum atomic E-state index is -0.676. The van der Waals surface area contributed by atoms with E-state index in [4.69, 9.17) is 10.5 Å². The Kier molecular flexibility index (Phi) is 4.67. The maximum absolute atomic E-state index is 13.1. The molecule has 0 aliphatic heterocycles. The highest BCUT2D eigenvalue weighted by Crippen LogP contribution is 2.25. The number of primary amides is 1. The lowest BCUT2D eigenvalue weighted by molar-refractivity contribution is -0.385. The summed E-state index contributed by atoms with van der Waals surface area (Å²) >= 11 is 0. The minimum Gasteiger partial charge on any atom is -0.489 e. The molecule has 7 heteroatoms. The summed E-state index contributed by atoms with van der Waals surface area (Å²) in [5.41, 5.74) is 5.68. The standard InChI is InChI=1S/C15H13FN2O4/c16-12-3-1-2-10(6-12)9-22-13-4-5-14(18(20)21)11(7-13)8-15(17)19/h1-7H,8-9H2,(H2,17,19). The Morgan fingerprint density at radius 3 is 2.68 bits per heavy atom. The topological polar surface area (TPSA) is 95.5 Å². The molecule has 0 atom stereocenters. The Balaban J connectivity index is 2.17. The Morgan fingerprint density at radius 2 is 2.05 bits per heavy atom. The van der Waals surface area contributed by atoms with Crippen LogP contribution in [-0.2, 0) is 17.8 Å². The van der Waals surface area contributed by atoms with Crippen LogP contribution in [0.1, 0.15) is 11.1 Å². The van der Waals surface area contributed by atoms with E-state index in [0.29, 0.717) is 11.3 Å². The molecule has 2 rings (SSSR count). The lowest BCUT2D eigenvalue weighted by Crippen LogP contribution is -2.14. The molecule has 2 N–H and O–H groups in total. The fourth-order valence-electron chi connectivity index (χ4n) is 1.95. The van der Waals surface area contributed by atoms with Crippen LogP contribution in [0.3, 0.4) is 0 Å². The normalized spacial score (nSPS) is 10.2. The van der Waals surface area contributed by atoms with Gasteiger partial charge in [-0.3, -0.25) is 14.9 Å². The van der Waals surface area contributed by atoms with E-state index in [1.165, 1.54) is 30.3 Å². The summed E-state index contributed by atoms with van der Waals surface area (Å²) in [4.78, 5) is 21.3. The zero-order chi connectivity index (χ0) is 16.1. The third-order valence-electron chi connectivity index (χ3n) is 2.91. The largest absolute Gasteiger partial charge is 0.489 e. The SMILES string of the molecule is NC(=O)Cc1cc(OCc2cccc(F)c2)ccc1[N+](=O)[O-]. The summed E-state index contributed by atoms with van der Waals surface area (Å²) < 4.78 is 18.5. The van der Waals surface area contributed by atoms with Crippen LogP contribution in [0.15, 0.2) is 42.5 Å². The van der Waals surface area contributed by atoms with Crippen LogP contribution in [0.2, 0.25) is 0 Å². The van der Waals surface area contributed by atoms with Crippen molar-refractivity contribution in [2.75, 3.05) is 0 Å². The zero-order valence-electron chi connectivity index (χ0n) is 11.5. The molecule has 0 aliphatic carbocycles. The number of nitro groups is 1. The van der Waals surface area contributed by atoms with Crippen molar-refractivity contribution in [2.24, 2.45) is 5.73 Å². The van der Waals surface area contributed by atoms with Crippen LogP contribution in [0.4, 0.5) is 10.1 Å². The maximum Gasteiger partial charge on any atom is 0.273 e. The van der Waals surface area contributed by atoms with Gasteiger partial charge in [0.1, 0.15) is 18.2 Å². The van der Waals surface area contributed by atoms with Crippen LogP contribution in [0.25, 0.3) is 0 Å². The van der Waals surface area contributed by atoms with Crippen molar-refractivity contribution < 1.29 is 18.8 Å². The van der Waals surface area contributed by atoms with Gasteiger partial charge in [-0.1, -0.05) is 12.1 Å². The number of hydrogen-bond acceptors (Lipinski definition) is 4. The number of hydrogen-bond donors (Lipinski definition) is 1. The summed E-state index contributed by atoms with van der Waals surface area (Å²) in [6.07, 6.45) is -0.256. The van der Waals surface area contributed by atoms with Gasteiger partial charge in [0, 0.05) is 11.6 Å². The first kappa shape index (κ1) is 15.4. The number of halogens is 1. The van der Waals surface area contributed by atoms with Crippen molar-refractivity contribution in [3.63, 3.8) is 0 Å². The number of nitrogens with zero attached hydrogens (tertiary/aromatic N) is 1. The molecule has 0 saturated heterocycles. The smallest absolute Gasteiger partial charge is 0.273 e. The van der Waals surface area contributed by atoms with E-state index in [-0.39, 0.29) is 30.1 Å². The number of carbonyl (C=O) groups excluding carboxylic acids is 1. The average molecular weight is 304 g/mol. The van der Waals surface area contributed by atoms with Gasteiger partial charge in [0.25, 0.3) is 5.69 Å². The molecule has 0 aliphatic rings. The summed E-state index contributed by atoms with van der Waals surface area (Å²) in [7, 11) is 0. The van der Waals surface area contributed by atoms with Gasteiger partial charge in [0.05, 0.1) is 11.3 Å². The van der Waals surface area contributed by atoms with Crippen molar-refractivity contribution in [3.05, 3.63) is 69.5 Å². The number of amides is 1. The summed E-state index contributed by atoms with van der Waals surface area (Å²) in [6.45, 7) is 0.103. The Hall–Kier alpha value is -2.96. The Labute approximate surface area is 125 Å². The quantitative estimate of drug-likeness (QED) is 0.654. The third kappa shape index (κ3) is 4.02. The van der Waals surface area contributed by atoms with Crippen molar-refractivity contribution >= 4 is 11.6 Å². The molecule has 114 valence electrons. The highest BCUT2D eigenvalue weighted by molar-refractivity contribution is 5.78. The molecule has 0 bridgehead atoms. The van der Waals surface area contributed by atoms with Crippen molar-refractivity contribution in [1.29, 1.82) is 0 Å². The molecule has 0 unspecified atom stereocenters. The minimum absolute atomic E-state index is 0.103. The summed E-state index contributed by atoms with van der Waals surface area (Å²) in [5.74, 6) is -0.712. The predicted octanol–water partition coefficient (Wildman–Crippen LogP) is 2.34. The first-order valence-electron chi connectivity index (χ1n) is 6.38. The summed E-state index contributed by atoms with van der Waals surface area (Å²) in [5, 5.41) is 10.9. The van der Waals surface area contributed by atoms with E-state index < -0.39 is 10.8 Å². The maximum atomic E-state index is 13.1. The van der Waals surface area contributed by atoms with Gasteiger partial charge in [-0.2, -0.15) is 0 Å². The first-order valence-corrected chi connectivity index (χ1v) is 6.38. The van der Waals surface area contributed by atoms with Gasteiger partial charge >= 0.3 is 0 Å². The van der Waals surface area contributed by atoms with E-state index in [2.05, 4.69) is 0 Å². The average Bonchev–Trinajstić information content (AvgIpc) is 2.44. The molecule has 2 aromatic rings. The number of benzene rings is 2. The zero-order valence-corrected chi connectivity index (χ0v) is 11.5. The number of nitro benzene ring substituents is 1. The highest BCUT2D eigenvalue weighted by Gasteiger charge is 2.16. The lowest BCUT2D eigenvalue weighted by atomic mass is 10.1. The molecule has 0 saturated carbocycles. The monoisotopic (exact) mass is 304 g/mol. The summed E-state index contributed by atoms with van der Waals surface area (Å²) in [6, 6.07) is 9.96.